The van der Waals surface area contributed by atoms with Gasteiger partial charge in [-0.05, 0) is 56.3 Å². The van der Waals surface area contributed by atoms with Gasteiger partial charge < -0.3 is 20.4 Å². The van der Waals surface area contributed by atoms with Gasteiger partial charge in [-0.3, -0.25) is 4.79 Å². The van der Waals surface area contributed by atoms with Crippen molar-refractivity contribution in [2.45, 2.75) is 26.4 Å². The number of hydrogen-bond donors (Lipinski definition) is 2. The third-order valence-corrected chi connectivity index (χ3v) is 4.54. The maximum Gasteiger partial charge on any atom is 0.253 e. The molecule has 0 bridgehead atoms. The van der Waals surface area contributed by atoms with Gasteiger partial charge in [0.2, 0.25) is 0 Å². The highest BCUT2D eigenvalue weighted by Crippen LogP contribution is 2.09. The maximum absolute atomic E-state index is 12.1. The summed E-state index contributed by atoms with van der Waals surface area (Å²) in [7, 11) is 7.69. The van der Waals surface area contributed by atoms with Crippen LogP contribution in [0.15, 0.2) is 53.5 Å². The Labute approximate surface area is 181 Å². The molecule has 2 N–H and O–H groups in total. The predicted octanol–water partition coefficient (Wildman–Crippen LogP) is 2.75. The van der Waals surface area contributed by atoms with Crippen LogP contribution in [0.4, 0.5) is 0 Å². The van der Waals surface area contributed by atoms with Crippen molar-refractivity contribution in [3.8, 4) is 0 Å². The van der Waals surface area contributed by atoms with Crippen LogP contribution in [-0.4, -0.2) is 62.9 Å². The number of carbonyl (C=O) groups is 1. The number of amides is 1. The Morgan fingerprint density at radius 3 is 2.33 bits per heavy atom. The lowest BCUT2D eigenvalue weighted by molar-refractivity contribution is 0.0827. The molecular formula is C24H35N5O. The van der Waals surface area contributed by atoms with Crippen molar-refractivity contribution in [2.24, 2.45) is 4.99 Å². The minimum atomic E-state index is 0.0243. The van der Waals surface area contributed by atoms with Crippen molar-refractivity contribution < 1.29 is 4.79 Å². The number of carbonyl (C=O) groups excluding carboxylic acids is 1. The minimum Gasteiger partial charge on any atom is -0.357 e. The first-order valence-electron chi connectivity index (χ1n) is 10.4. The van der Waals surface area contributed by atoms with Gasteiger partial charge >= 0.3 is 0 Å². The Bertz CT molecular complexity index is 845. The highest BCUT2D eigenvalue weighted by molar-refractivity contribution is 5.94. The van der Waals surface area contributed by atoms with Crippen molar-refractivity contribution in [3.63, 3.8) is 0 Å². The second-order valence-electron chi connectivity index (χ2n) is 7.83. The molecule has 0 aromatic heterocycles. The monoisotopic (exact) mass is 409 g/mol. The van der Waals surface area contributed by atoms with Crippen LogP contribution in [0.2, 0.25) is 0 Å². The van der Waals surface area contributed by atoms with Gasteiger partial charge in [0.1, 0.15) is 0 Å². The van der Waals surface area contributed by atoms with Gasteiger partial charge in [0.05, 0.1) is 6.54 Å². The Morgan fingerprint density at radius 1 is 0.933 bits per heavy atom. The summed E-state index contributed by atoms with van der Waals surface area (Å²) < 4.78 is 0. The summed E-state index contributed by atoms with van der Waals surface area (Å²) in [5, 5.41) is 6.69. The van der Waals surface area contributed by atoms with E-state index in [1.807, 2.05) is 18.2 Å². The second-order valence-corrected chi connectivity index (χ2v) is 7.83. The molecule has 0 aliphatic heterocycles. The van der Waals surface area contributed by atoms with Crippen LogP contribution in [-0.2, 0) is 19.5 Å². The van der Waals surface area contributed by atoms with Crippen molar-refractivity contribution in [2.75, 3.05) is 41.3 Å². The molecule has 30 heavy (non-hydrogen) atoms. The number of hydrogen-bond acceptors (Lipinski definition) is 3. The lowest BCUT2D eigenvalue weighted by Gasteiger charge is -2.13. The molecule has 0 atom stereocenters. The summed E-state index contributed by atoms with van der Waals surface area (Å²) in [6.45, 7) is 5.16. The SMILES string of the molecule is CCNC(=NCc1cccc(CN(C)C)c1)NCCc1cccc(C(=O)N(C)C)c1. The third-order valence-electron chi connectivity index (χ3n) is 4.54. The fourth-order valence-electron chi connectivity index (χ4n) is 3.15. The van der Waals surface area contributed by atoms with Gasteiger partial charge in [-0.1, -0.05) is 36.4 Å². The van der Waals surface area contributed by atoms with E-state index in [1.54, 1.807) is 19.0 Å². The molecule has 6 nitrogen and oxygen atoms in total. The van der Waals surface area contributed by atoms with E-state index >= 15 is 0 Å². The average Bonchev–Trinajstić information content (AvgIpc) is 2.71. The molecule has 0 spiro atoms. The fourth-order valence-corrected chi connectivity index (χ4v) is 3.15. The van der Waals surface area contributed by atoms with Gasteiger partial charge in [0, 0.05) is 39.3 Å². The molecule has 0 radical (unpaired) electrons. The molecule has 162 valence electrons. The zero-order valence-corrected chi connectivity index (χ0v) is 18.9. The van der Waals surface area contributed by atoms with E-state index in [1.165, 1.54) is 11.1 Å². The summed E-state index contributed by atoms with van der Waals surface area (Å²) in [4.78, 5) is 20.6. The number of aliphatic imine (C=N–C) groups is 1. The van der Waals surface area contributed by atoms with Gasteiger partial charge in [0.15, 0.2) is 5.96 Å². The summed E-state index contributed by atoms with van der Waals surface area (Å²) in [6, 6.07) is 16.4. The maximum atomic E-state index is 12.1. The van der Waals surface area contributed by atoms with Crippen molar-refractivity contribution in [1.82, 2.24) is 20.4 Å². The van der Waals surface area contributed by atoms with Gasteiger partial charge in [-0.2, -0.15) is 0 Å². The first-order valence-corrected chi connectivity index (χ1v) is 10.4. The first kappa shape index (κ1) is 23.4. The van der Waals surface area contributed by atoms with E-state index in [4.69, 9.17) is 4.99 Å². The molecule has 0 heterocycles. The Balaban J connectivity index is 1.94. The minimum absolute atomic E-state index is 0.0243. The van der Waals surface area contributed by atoms with Crippen LogP contribution in [0, 0.1) is 0 Å². The number of rotatable bonds is 9. The van der Waals surface area contributed by atoms with Gasteiger partial charge in [0.25, 0.3) is 5.91 Å². The van der Waals surface area contributed by atoms with Crippen molar-refractivity contribution in [3.05, 3.63) is 70.8 Å². The Kier molecular flexibility index (Phi) is 9.35. The fraction of sp³-hybridized carbons (Fsp3) is 0.417. The number of benzene rings is 2. The molecule has 1 amide bonds. The predicted molar refractivity (Wildman–Crippen MR) is 125 cm³/mol. The Morgan fingerprint density at radius 2 is 1.63 bits per heavy atom. The Hall–Kier alpha value is -2.86. The average molecular weight is 410 g/mol. The van der Waals surface area contributed by atoms with E-state index < -0.39 is 0 Å². The van der Waals surface area contributed by atoms with E-state index in [2.05, 4.69) is 66.9 Å². The van der Waals surface area contributed by atoms with Crippen LogP contribution in [0.1, 0.15) is 34.0 Å². The van der Waals surface area contributed by atoms with E-state index in [0.29, 0.717) is 6.54 Å². The van der Waals surface area contributed by atoms with E-state index in [9.17, 15) is 4.79 Å². The smallest absolute Gasteiger partial charge is 0.253 e. The summed E-state index contributed by atoms with van der Waals surface area (Å²) in [6.07, 6.45) is 0.817. The van der Waals surface area contributed by atoms with Crippen molar-refractivity contribution >= 4 is 11.9 Å². The lowest BCUT2D eigenvalue weighted by Crippen LogP contribution is -2.38. The van der Waals surface area contributed by atoms with Crippen LogP contribution in [0.5, 0.6) is 0 Å². The van der Waals surface area contributed by atoms with E-state index in [-0.39, 0.29) is 5.91 Å². The summed E-state index contributed by atoms with van der Waals surface area (Å²) in [5.74, 6) is 0.826. The molecule has 0 saturated heterocycles. The van der Waals surface area contributed by atoms with Crippen LogP contribution < -0.4 is 10.6 Å². The molecule has 2 aromatic carbocycles. The quantitative estimate of drug-likeness (QED) is 0.494. The zero-order valence-electron chi connectivity index (χ0n) is 18.9. The molecule has 2 aromatic rings. The summed E-state index contributed by atoms with van der Waals surface area (Å²) in [5.41, 5.74) is 4.33. The molecule has 0 saturated carbocycles. The molecular weight excluding hydrogens is 374 g/mol. The second kappa shape index (κ2) is 12.0. The molecule has 0 unspecified atom stereocenters. The van der Waals surface area contributed by atoms with Gasteiger partial charge in [-0.15, -0.1) is 0 Å². The highest BCUT2D eigenvalue weighted by Gasteiger charge is 2.08. The van der Waals surface area contributed by atoms with E-state index in [0.717, 1.165) is 43.1 Å². The highest BCUT2D eigenvalue weighted by atomic mass is 16.2. The molecule has 0 aliphatic rings. The number of nitrogens with one attached hydrogen (secondary N) is 2. The van der Waals surface area contributed by atoms with Crippen molar-refractivity contribution in [1.29, 1.82) is 0 Å². The normalized spacial score (nSPS) is 11.5. The van der Waals surface area contributed by atoms with Crippen LogP contribution in [0.3, 0.4) is 0 Å². The first-order chi connectivity index (χ1) is 14.4. The zero-order chi connectivity index (χ0) is 21.9. The molecule has 0 fully saturated rings. The van der Waals surface area contributed by atoms with Crippen LogP contribution >= 0.6 is 0 Å². The molecule has 0 aliphatic carbocycles. The number of nitrogens with zero attached hydrogens (tertiary/aromatic N) is 3. The third kappa shape index (κ3) is 7.87. The topological polar surface area (TPSA) is 60.0 Å². The molecule has 6 heteroatoms. The lowest BCUT2D eigenvalue weighted by atomic mass is 10.1. The largest absolute Gasteiger partial charge is 0.357 e. The van der Waals surface area contributed by atoms with Gasteiger partial charge in [-0.25, -0.2) is 4.99 Å². The summed E-state index contributed by atoms with van der Waals surface area (Å²) >= 11 is 0. The number of guanidine groups is 1. The standard InChI is InChI=1S/C24H35N5O/c1-6-25-24(27-17-20-10-7-11-21(15-20)18-28(2)3)26-14-13-19-9-8-12-22(16-19)23(30)29(4)5/h7-12,15-16H,6,13-14,17-18H2,1-5H3,(H2,25,26,27). The van der Waals surface area contributed by atoms with Crippen LogP contribution in [0.25, 0.3) is 0 Å². The molecule has 2 rings (SSSR count).